The molecule has 168 valence electrons. The molecular formula is C28H21ClN2O2S. The Balaban J connectivity index is 1.32. The van der Waals surface area contributed by atoms with Crippen molar-refractivity contribution in [2.75, 3.05) is 5.32 Å². The predicted molar refractivity (Wildman–Crippen MR) is 141 cm³/mol. The number of furan rings is 1. The largest absolute Gasteiger partial charge is 0.457 e. The number of nitrogens with zero attached hydrogens (tertiary/aromatic N) is 1. The predicted octanol–water partition coefficient (Wildman–Crippen LogP) is 8.15. The lowest BCUT2D eigenvalue weighted by atomic mass is 10.1. The Kier molecular flexibility index (Phi) is 6.05. The van der Waals surface area contributed by atoms with Crippen LogP contribution in [0.1, 0.15) is 16.9 Å². The highest BCUT2D eigenvalue weighted by molar-refractivity contribution is 7.21. The third-order valence-corrected chi connectivity index (χ3v) is 7.07. The first-order valence-corrected chi connectivity index (χ1v) is 12.0. The van der Waals surface area contributed by atoms with Gasteiger partial charge in [-0.15, -0.1) is 11.3 Å². The summed E-state index contributed by atoms with van der Waals surface area (Å²) in [6, 6.07) is 23.4. The molecule has 0 aliphatic heterocycles. The number of aromatic nitrogens is 1. The van der Waals surface area contributed by atoms with Crippen molar-refractivity contribution < 1.29 is 9.21 Å². The molecule has 2 aromatic heterocycles. The number of carbonyl (C=O) groups excluding carboxylic acids is 1. The van der Waals surface area contributed by atoms with Gasteiger partial charge in [-0.05, 0) is 67.4 Å². The highest BCUT2D eigenvalue weighted by Crippen LogP contribution is 2.34. The van der Waals surface area contributed by atoms with Crippen LogP contribution in [-0.4, -0.2) is 10.9 Å². The van der Waals surface area contributed by atoms with Crippen molar-refractivity contribution in [3.05, 3.63) is 101 Å². The van der Waals surface area contributed by atoms with Gasteiger partial charge in [0.05, 0.1) is 10.2 Å². The topological polar surface area (TPSA) is 55.1 Å². The summed E-state index contributed by atoms with van der Waals surface area (Å²) in [5.74, 6) is 1.05. The van der Waals surface area contributed by atoms with E-state index in [9.17, 15) is 4.79 Å². The molecule has 0 atom stereocenters. The SMILES string of the molecule is Cc1ccc(-c2ccc(/C=C/C(=O)Nc3cccc(-c4nc5ccccc5s4)c3C)o2)cc1Cl. The van der Waals surface area contributed by atoms with Crippen molar-refractivity contribution in [3.8, 4) is 21.9 Å². The molecule has 0 aliphatic carbocycles. The fourth-order valence-corrected chi connectivity index (χ4v) is 4.89. The van der Waals surface area contributed by atoms with Crippen LogP contribution in [0.15, 0.2) is 83.3 Å². The lowest BCUT2D eigenvalue weighted by Gasteiger charge is -2.10. The maximum Gasteiger partial charge on any atom is 0.248 e. The number of nitrogens with one attached hydrogen (secondary N) is 1. The van der Waals surface area contributed by atoms with Gasteiger partial charge in [0.2, 0.25) is 5.91 Å². The molecule has 1 amide bonds. The minimum Gasteiger partial charge on any atom is -0.457 e. The average molecular weight is 485 g/mol. The number of hydrogen-bond donors (Lipinski definition) is 1. The van der Waals surface area contributed by atoms with Gasteiger partial charge >= 0.3 is 0 Å². The van der Waals surface area contributed by atoms with E-state index >= 15 is 0 Å². The minimum absolute atomic E-state index is 0.235. The molecular weight excluding hydrogens is 464 g/mol. The molecule has 5 rings (SSSR count). The highest BCUT2D eigenvalue weighted by atomic mass is 35.5. The van der Waals surface area contributed by atoms with Gasteiger partial charge in [-0.2, -0.15) is 0 Å². The Morgan fingerprint density at radius 3 is 2.71 bits per heavy atom. The molecule has 4 nitrogen and oxygen atoms in total. The second-order valence-electron chi connectivity index (χ2n) is 7.95. The smallest absolute Gasteiger partial charge is 0.248 e. The maximum absolute atomic E-state index is 12.6. The fourth-order valence-electron chi connectivity index (χ4n) is 3.67. The minimum atomic E-state index is -0.235. The quantitative estimate of drug-likeness (QED) is 0.256. The summed E-state index contributed by atoms with van der Waals surface area (Å²) in [5.41, 5.74) is 5.61. The van der Waals surface area contributed by atoms with E-state index in [4.69, 9.17) is 21.0 Å². The van der Waals surface area contributed by atoms with Gasteiger partial charge in [0.15, 0.2) is 0 Å². The molecule has 0 fully saturated rings. The van der Waals surface area contributed by atoms with E-state index in [0.29, 0.717) is 16.5 Å². The molecule has 0 radical (unpaired) electrons. The molecule has 3 aromatic carbocycles. The standard InChI is InChI=1S/C28H21ClN2O2S/c1-17-10-11-19(16-22(17)29)25-14-12-20(33-25)13-15-27(32)30-23-8-5-6-21(18(23)2)28-31-24-7-3-4-9-26(24)34-28/h3-16H,1-2H3,(H,30,32)/b15-13+. The number of benzene rings is 3. The van der Waals surface area contributed by atoms with Gasteiger partial charge in [-0.1, -0.05) is 48.0 Å². The van der Waals surface area contributed by atoms with E-state index in [1.807, 2.05) is 80.6 Å². The number of hydrogen-bond acceptors (Lipinski definition) is 4. The number of fused-ring (bicyclic) bond motifs is 1. The Morgan fingerprint density at radius 2 is 1.88 bits per heavy atom. The van der Waals surface area contributed by atoms with Crippen LogP contribution in [0.2, 0.25) is 5.02 Å². The summed E-state index contributed by atoms with van der Waals surface area (Å²) in [6.45, 7) is 3.95. The number of para-hydroxylation sites is 1. The zero-order valence-electron chi connectivity index (χ0n) is 18.6. The van der Waals surface area contributed by atoms with E-state index in [0.717, 1.165) is 43.2 Å². The van der Waals surface area contributed by atoms with Crippen LogP contribution in [0.5, 0.6) is 0 Å². The zero-order valence-corrected chi connectivity index (χ0v) is 20.2. The lowest BCUT2D eigenvalue weighted by Crippen LogP contribution is -2.09. The van der Waals surface area contributed by atoms with Gasteiger partial charge in [0.1, 0.15) is 16.5 Å². The summed E-state index contributed by atoms with van der Waals surface area (Å²) in [4.78, 5) is 17.4. The molecule has 1 N–H and O–H groups in total. The molecule has 0 unspecified atom stereocenters. The Hall–Kier alpha value is -3.67. The van der Waals surface area contributed by atoms with Crippen LogP contribution in [0.25, 0.3) is 38.2 Å². The summed E-state index contributed by atoms with van der Waals surface area (Å²) in [7, 11) is 0. The van der Waals surface area contributed by atoms with Gasteiger partial charge in [0, 0.05) is 27.9 Å². The molecule has 6 heteroatoms. The van der Waals surface area contributed by atoms with E-state index in [1.165, 1.54) is 6.08 Å². The molecule has 0 saturated carbocycles. The van der Waals surface area contributed by atoms with E-state index < -0.39 is 0 Å². The van der Waals surface area contributed by atoms with Gasteiger partial charge in [-0.3, -0.25) is 4.79 Å². The van der Waals surface area contributed by atoms with Crippen molar-refractivity contribution >= 4 is 50.8 Å². The molecule has 5 aromatic rings. The molecule has 0 spiro atoms. The van der Waals surface area contributed by atoms with Crippen molar-refractivity contribution in [3.63, 3.8) is 0 Å². The zero-order chi connectivity index (χ0) is 23.7. The summed E-state index contributed by atoms with van der Waals surface area (Å²) < 4.78 is 7.00. The lowest BCUT2D eigenvalue weighted by molar-refractivity contribution is -0.111. The monoisotopic (exact) mass is 484 g/mol. The normalized spacial score (nSPS) is 11.4. The number of rotatable bonds is 5. The van der Waals surface area contributed by atoms with Crippen LogP contribution < -0.4 is 5.32 Å². The number of aryl methyl sites for hydroxylation is 1. The summed E-state index contributed by atoms with van der Waals surface area (Å²) in [6.07, 6.45) is 3.12. The van der Waals surface area contributed by atoms with Crippen LogP contribution in [0.4, 0.5) is 5.69 Å². The van der Waals surface area contributed by atoms with E-state index in [2.05, 4.69) is 11.4 Å². The number of anilines is 1. The Morgan fingerprint density at radius 1 is 1.03 bits per heavy atom. The second kappa shape index (κ2) is 9.29. The van der Waals surface area contributed by atoms with E-state index in [-0.39, 0.29) is 5.91 Å². The average Bonchev–Trinajstić information content (AvgIpc) is 3.48. The van der Waals surface area contributed by atoms with Crippen LogP contribution in [0, 0.1) is 13.8 Å². The first-order chi connectivity index (χ1) is 16.5. The summed E-state index contributed by atoms with van der Waals surface area (Å²) >= 11 is 7.87. The van der Waals surface area contributed by atoms with Crippen molar-refractivity contribution in [2.24, 2.45) is 0 Å². The first kappa shape index (κ1) is 22.1. The fraction of sp³-hybridized carbons (Fsp3) is 0.0714. The highest BCUT2D eigenvalue weighted by Gasteiger charge is 2.12. The Bertz CT molecular complexity index is 1510. The molecule has 0 saturated heterocycles. The third kappa shape index (κ3) is 4.53. The molecule has 2 heterocycles. The van der Waals surface area contributed by atoms with Gasteiger partial charge in [0.25, 0.3) is 0 Å². The number of thiazole rings is 1. The molecule has 0 aliphatic rings. The molecule has 0 bridgehead atoms. The Labute approximate surface area is 206 Å². The van der Waals surface area contributed by atoms with E-state index in [1.54, 1.807) is 17.4 Å². The van der Waals surface area contributed by atoms with Crippen molar-refractivity contribution in [2.45, 2.75) is 13.8 Å². The number of amides is 1. The summed E-state index contributed by atoms with van der Waals surface area (Å²) in [5, 5.41) is 4.59. The number of halogens is 1. The third-order valence-electron chi connectivity index (χ3n) is 5.60. The van der Waals surface area contributed by atoms with Gasteiger partial charge in [-0.25, -0.2) is 4.98 Å². The van der Waals surface area contributed by atoms with Crippen LogP contribution in [-0.2, 0) is 4.79 Å². The number of carbonyl (C=O) groups is 1. The maximum atomic E-state index is 12.6. The van der Waals surface area contributed by atoms with Crippen molar-refractivity contribution in [1.29, 1.82) is 0 Å². The van der Waals surface area contributed by atoms with Crippen LogP contribution in [0.3, 0.4) is 0 Å². The first-order valence-electron chi connectivity index (χ1n) is 10.8. The van der Waals surface area contributed by atoms with Gasteiger partial charge < -0.3 is 9.73 Å². The van der Waals surface area contributed by atoms with Crippen LogP contribution >= 0.6 is 22.9 Å². The molecule has 34 heavy (non-hydrogen) atoms. The van der Waals surface area contributed by atoms with Crippen molar-refractivity contribution in [1.82, 2.24) is 4.98 Å². The second-order valence-corrected chi connectivity index (χ2v) is 9.39.